The number of nitrogens with zero attached hydrogens (tertiary/aromatic N) is 2. The van der Waals surface area contributed by atoms with Gasteiger partial charge in [-0.2, -0.15) is 13.2 Å². The Kier molecular flexibility index (Phi) is 4.57. The van der Waals surface area contributed by atoms with E-state index in [9.17, 15) is 13.2 Å². The van der Waals surface area contributed by atoms with Crippen molar-refractivity contribution in [1.82, 2.24) is 9.97 Å². The van der Waals surface area contributed by atoms with E-state index in [1.807, 2.05) is 13.0 Å². The minimum atomic E-state index is -4.48. The van der Waals surface area contributed by atoms with Crippen molar-refractivity contribution in [3.8, 4) is 10.6 Å². The Morgan fingerprint density at radius 1 is 1.13 bits per heavy atom. The van der Waals surface area contributed by atoms with Gasteiger partial charge in [0.15, 0.2) is 5.69 Å². The third-order valence-electron chi connectivity index (χ3n) is 3.95. The summed E-state index contributed by atoms with van der Waals surface area (Å²) in [5, 5.41) is 3.09. The van der Waals surface area contributed by atoms with E-state index in [2.05, 4.69) is 15.3 Å². The molecule has 3 nitrogen and oxygen atoms in total. The Morgan fingerprint density at radius 3 is 2.48 bits per heavy atom. The van der Waals surface area contributed by atoms with Crippen LogP contribution in [0.3, 0.4) is 0 Å². The van der Waals surface area contributed by atoms with Crippen molar-refractivity contribution in [2.24, 2.45) is 0 Å². The lowest BCUT2D eigenvalue weighted by molar-refractivity contribution is -0.141. The molecule has 23 heavy (non-hydrogen) atoms. The summed E-state index contributed by atoms with van der Waals surface area (Å²) in [5.74, 6) is 0.0766. The van der Waals surface area contributed by atoms with Gasteiger partial charge >= 0.3 is 6.18 Å². The second-order valence-electron chi connectivity index (χ2n) is 5.85. The van der Waals surface area contributed by atoms with E-state index >= 15 is 0 Å². The second kappa shape index (κ2) is 6.47. The van der Waals surface area contributed by atoms with Crippen LogP contribution in [0.1, 0.15) is 42.7 Å². The molecule has 2 aromatic rings. The summed E-state index contributed by atoms with van der Waals surface area (Å²) in [7, 11) is 0. The zero-order valence-electron chi connectivity index (χ0n) is 12.8. The van der Waals surface area contributed by atoms with Gasteiger partial charge in [-0.1, -0.05) is 19.3 Å². The van der Waals surface area contributed by atoms with E-state index < -0.39 is 11.9 Å². The normalized spacial score (nSPS) is 16.5. The molecule has 0 aromatic carbocycles. The number of nitrogens with one attached hydrogen (secondary N) is 1. The summed E-state index contributed by atoms with van der Waals surface area (Å²) >= 11 is 1.43. The van der Waals surface area contributed by atoms with Gasteiger partial charge in [0.05, 0.1) is 10.6 Å². The van der Waals surface area contributed by atoms with E-state index in [0.717, 1.165) is 41.5 Å². The van der Waals surface area contributed by atoms with E-state index in [0.29, 0.717) is 5.69 Å². The molecule has 1 fully saturated rings. The molecule has 0 saturated heterocycles. The number of anilines is 1. The summed E-state index contributed by atoms with van der Waals surface area (Å²) in [6.45, 7) is 1.92. The van der Waals surface area contributed by atoms with E-state index in [1.165, 1.54) is 17.8 Å². The maximum Gasteiger partial charge on any atom is 0.433 e. The number of alkyl halides is 3. The average Bonchev–Trinajstić information content (AvgIpc) is 2.94. The van der Waals surface area contributed by atoms with Gasteiger partial charge in [-0.25, -0.2) is 9.97 Å². The highest BCUT2D eigenvalue weighted by atomic mass is 32.1. The molecule has 2 heterocycles. The number of hydrogen-bond acceptors (Lipinski definition) is 4. The Bertz CT molecular complexity index is 675. The van der Waals surface area contributed by atoms with Crippen LogP contribution in [0.2, 0.25) is 0 Å². The molecule has 1 aliphatic carbocycles. The molecule has 0 unspecified atom stereocenters. The summed E-state index contributed by atoms with van der Waals surface area (Å²) < 4.78 is 39.4. The zero-order chi connectivity index (χ0) is 16.4. The van der Waals surface area contributed by atoms with Crippen molar-refractivity contribution in [3.63, 3.8) is 0 Å². The molecule has 1 aliphatic rings. The molecule has 2 aromatic heterocycles. The highest BCUT2D eigenvalue weighted by molar-refractivity contribution is 7.15. The first-order valence-electron chi connectivity index (χ1n) is 7.71. The first-order chi connectivity index (χ1) is 10.9. The topological polar surface area (TPSA) is 37.8 Å². The van der Waals surface area contributed by atoms with Crippen LogP contribution in [-0.2, 0) is 6.18 Å². The zero-order valence-corrected chi connectivity index (χ0v) is 13.6. The largest absolute Gasteiger partial charge is 0.433 e. The van der Waals surface area contributed by atoms with Crippen LogP contribution in [0.15, 0.2) is 18.2 Å². The fraction of sp³-hybridized carbons (Fsp3) is 0.500. The van der Waals surface area contributed by atoms with E-state index in [1.54, 1.807) is 6.07 Å². The monoisotopic (exact) mass is 341 g/mol. The SMILES string of the molecule is Cc1ccc(-c2cc(C(F)(F)F)nc(NC3CCCCC3)n2)s1. The van der Waals surface area contributed by atoms with Gasteiger partial charge in [-0.3, -0.25) is 0 Å². The van der Waals surface area contributed by atoms with Gasteiger partial charge in [-0.15, -0.1) is 11.3 Å². The maximum absolute atomic E-state index is 13.1. The number of halogens is 3. The van der Waals surface area contributed by atoms with Crippen LogP contribution in [0.4, 0.5) is 19.1 Å². The predicted molar refractivity (Wildman–Crippen MR) is 85.6 cm³/mol. The minimum Gasteiger partial charge on any atom is -0.351 e. The van der Waals surface area contributed by atoms with Crippen molar-refractivity contribution in [2.45, 2.75) is 51.2 Å². The van der Waals surface area contributed by atoms with Crippen molar-refractivity contribution in [2.75, 3.05) is 5.32 Å². The highest BCUT2D eigenvalue weighted by Gasteiger charge is 2.34. The van der Waals surface area contributed by atoms with Crippen LogP contribution in [0, 0.1) is 6.92 Å². The van der Waals surface area contributed by atoms with Crippen LogP contribution < -0.4 is 5.32 Å². The van der Waals surface area contributed by atoms with E-state index in [4.69, 9.17) is 0 Å². The van der Waals surface area contributed by atoms with Crippen LogP contribution in [-0.4, -0.2) is 16.0 Å². The van der Waals surface area contributed by atoms with Crippen molar-refractivity contribution in [3.05, 3.63) is 28.8 Å². The standard InChI is InChI=1S/C16H18F3N3S/c1-10-7-8-13(23-10)12-9-14(16(17,18)19)22-15(21-12)20-11-5-3-2-4-6-11/h7-9,11H,2-6H2,1H3,(H,20,21,22). The number of aryl methyl sites for hydroxylation is 1. The number of rotatable bonds is 3. The molecule has 0 amide bonds. The number of thiophene rings is 1. The van der Waals surface area contributed by atoms with Crippen molar-refractivity contribution < 1.29 is 13.2 Å². The maximum atomic E-state index is 13.1. The van der Waals surface area contributed by atoms with Gasteiger partial charge in [0.1, 0.15) is 0 Å². The summed E-state index contributed by atoms with van der Waals surface area (Å²) in [6, 6.07) is 4.86. The Hall–Kier alpha value is -1.63. The first-order valence-corrected chi connectivity index (χ1v) is 8.53. The second-order valence-corrected chi connectivity index (χ2v) is 7.14. The molecule has 0 aliphatic heterocycles. The Morgan fingerprint density at radius 2 is 1.87 bits per heavy atom. The van der Waals surface area contributed by atoms with Gasteiger partial charge in [0, 0.05) is 10.9 Å². The van der Waals surface area contributed by atoms with Gasteiger partial charge in [0.25, 0.3) is 0 Å². The number of aromatic nitrogens is 2. The lowest BCUT2D eigenvalue weighted by atomic mass is 9.96. The molecular formula is C16H18F3N3S. The Balaban J connectivity index is 1.94. The molecule has 0 spiro atoms. The molecule has 7 heteroatoms. The lowest BCUT2D eigenvalue weighted by Gasteiger charge is -2.23. The molecule has 0 bridgehead atoms. The molecule has 0 radical (unpaired) electrons. The molecule has 1 N–H and O–H groups in total. The molecular weight excluding hydrogens is 323 g/mol. The Labute approximate surface area is 137 Å². The molecule has 0 atom stereocenters. The summed E-state index contributed by atoms with van der Waals surface area (Å²) in [6.07, 6.45) is 0.787. The third-order valence-corrected chi connectivity index (χ3v) is 4.97. The quantitative estimate of drug-likeness (QED) is 0.826. The average molecular weight is 341 g/mol. The van der Waals surface area contributed by atoms with Gasteiger partial charge in [-0.05, 0) is 38.0 Å². The van der Waals surface area contributed by atoms with Crippen molar-refractivity contribution in [1.29, 1.82) is 0 Å². The first kappa shape index (κ1) is 16.2. The van der Waals surface area contributed by atoms with Crippen molar-refractivity contribution >= 4 is 17.3 Å². The summed E-state index contributed by atoms with van der Waals surface area (Å²) in [5.41, 5.74) is -0.574. The lowest BCUT2D eigenvalue weighted by Crippen LogP contribution is -2.24. The smallest absolute Gasteiger partial charge is 0.351 e. The predicted octanol–water partition coefficient (Wildman–Crippen LogP) is 5.28. The number of hydrogen-bond donors (Lipinski definition) is 1. The van der Waals surface area contributed by atoms with Gasteiger partial charge in [0.2, 0.25) is 5.95 Å². The highest BCUT2D eigenvalue weighted by Crippen LogP contribution is 2.33. The third kappa shape index (κ3) is 4.02. The fourth-order valence-electron chi connectivity index (χ4n) is 2.78. The minimum absolute atomic E-state index is 0.0766. The molecule has 124 valence electrons. The van der Waals surface area contributed by atoms with Crippen LogP contribution in [0.25, 0.3) is 10.6 Å². The van der Waals surface area contributed by atoms with Gasteiger partial charge < -0.3 is 5.32 Å². The molecule has 3 rings (SSSR count). The van der Waals surface area contributed by atoms with Crippen LogP contribution >= 0.6 is 11.3 Å². The molecule has 1 saturated carbocycles. The fourth-order valence-corrected chi connectivity index (χ4v) is 3.61. The van der Waals surface area contributed by atoms with E-state index in [-0.39, 0.29) is 12.0 Å². The van der Waals surface area contributed by atoms with Crippen LogP contribution in [0.5, 0.6) is 0 Å². The summed E-state index contributed by atoms with van der Waals surface area (Å²) in [4.78, 5) is 9.76.